The van der Waals surface area contributed by atoms with Gasteiger partial charge in [0.2, 0.25) is 11.8 Å². The molecule has 0 bridgehead atoms. The van der Waals surface area contributed by atoms with Crippen LogP contribution in [0.4, 0.5) is 5.82 Å². The lowest BCUT2D eigenvalue weighted by Crippen LogP contribution is -2.50. The Hall–Kier alpha value is -2.34. The first kappa shape index (κ1) is 19.0. The number of ether oxygens (including phenoxy) is 1. The molecule has 0 spiro atoms. The van der Waals surface area contributed by atoms with Gasteiger partial charge < -0.3 is 14.5 Å². The number of rotatable bonds is 4. The van der Waals surface area contributed by atoms with Gasteiger partial charge in [-0.25, -0.2) is 9.97 Å². The van der Waals surface area contributed by atoms with Gasteiger partial charge in [-0.2, -0.15) is 0 Å². The van der Waals surface area contributed by atoms with Crippen LogP contribution in [0.1, 0.15) is 32.1 Å². The molecular formula is C21H25ClN4O2. The lowest BCUT2D eigenvalue weighted by atomic mass is 9.88. The maximum atomic E-state index is 12.7. The molecule has 1 aromatic heterocycles. The van der Waals surface area contributed by atoms with E-state index < -0.39 is 0 Å². The molecule has 6 nitrogen and oxygen atoms in total. The van der Waals surface area contributed by atoms with Crippen molar-refractivity contribution < 1.29 is 9.53 Å². The quantitative estimate of drug-likeness (QED) is 0.771. The van der Waals surface area contributed by atoms with Crippen molar-refractivity contribution in [3.63, 3.8) is 0 Å². The summed E-state index contributed by atoms with van der Waals surface area (Å²) < 4.78 is 5.80. The van der Waals surface area contributed by atoms with E-state index in [1.165, 1.54) is 25.6 Å². The first-order chi connectivity index (χ1) is 13.7. The Labute approximate surface area is 170 Å². The zero-order valence-corrected chi connectivity index (χ0v) is 16.6. The van der Waals surface area contributed by atoms with Crippen LogP contribution in [-0.4, -0.2) is 47.0 Å². The second-order valence-electron chi connectivity index (χ2n) is 7.42. The number of halogens is 1. The first-order valence-electron chi connectivity index (χ1n) is 9.98. The predicted octanol–water partition coefficient (Wildman–Crippen LogP) is 4.15. The first-order valence-corrected chi connectivity index (χ1v) is 10.4. The molecule has 1 aliphatic carbocycles. The van der Waals surface area contributed by atoms with Crippen molar-refractivity contribution in [1.29, 1.82) is 0 Å². The molecule has 1 saturated carbocycles. The van der Waals surface area contributed by atoms with Crippen molar-refractivity contribution in [2.24, 2.45) is 5.92 Å². The van der Waals surface area contributed by atoms with Crippen LogP contribution in [0.25, 0.3) is 0 Å². The summed E-state index contributed by atoms with van der Waals surface area (Å²) in [4.78, 5) is 25.5. The van der Waals surface area contributed by atoms with E-state index in [-0.39, 0.29) is 5.92 Å². The molecule has 2 aromatic rings. The number of carbonyl (C=O) groups excluding carboxylic acids is 1. The highest BCUT2D eigenvalue weighted by Gasteiger charge is 2.28. The molecule has 1 amide bonds. The van der Waals surface area contributed by atoms with Gasteiger partial charge in [0.15, 0.2) is 0 Å². The van der Waals surface area contributed by atoms with Gasteiger partial charge in [0.1, 0.15) is 17.9 Å². The van der Waals surface area contributed by atoms with E-state index in [4.69, 9.17) is 16.3 Å². The van der Waals surface area contributed by atoms with Gasteiger partial charge in [-0.05, 0) is 37.1 Å². The Balaban J connectivity index is 1.35. The predicted molar refractivity (Wildman–Crippen MR) is 109 cm³/mol. The Morgan fingerprint density at radius 2 is 1.71 bits per heavy atom. The summed E-state index contributed by atoms with van der Waals surface area (Å²) in [5, 5.41) is 0.663. The number of hydrogen-bond donors (Lipinski definition) is 0. The average Bonchev–Trinajstić information content (AvgIpc) is 2.76. The van der Waals surface area contributed by atoms with Crippen LogP contribution in [0.5, 0.6) is 11.6 Å². The summed E-state index contributed by atoms with van der Waals surface area (Å²) in [6.07, 6.45) is 7.26. The van der Waals surface area contributed by atoms with Crippen LogP contribution in [0, 0.1) is 5.92 Å². The van der Waals surface area contributed by atoms with Gasteiger partial charge in [-0.1, -0.05) is 30.9 Å². The van der Waals surface area contributed by atoms with Crippen molar-refractivity contribution in [3.8, 4) is 11.6 Å². The van der Waals surface area contributed by atoms with Gasteiger partial charge in [0.25, 0.3) is 0 Å². The largest absolute Gasteiger partial charge is 0.439 e. The summed E-state index contributed by atoms with van der Waals surface area (Å²) in [5.41, 5.74) is 0. The van der Waals surface area contributed by atoms with Gasteiger partial charge in [0, 0.05) is 43.2 Å². The topological polar surface area (TPSA) is 58.6 Å². The Kier molecular flexibility index (Phi) is 5.95. The number of nitrogens with zero attached hydrogens (tertiary/aromatic N) is 4. The fourth-order valence-corrected chi connectivity index (χ4v) is 4.07. The highest BCUT2D eigenvalue weighted by molar-refractivity contribution is 6.30. The number of anilines is 1. The van der Waals surface area contributed by atoms with Gasteiger partial charge in [-0.3, -0.25) is 4.79 Å². The van der Waals surface area contributed by atoms with E-state index in [9.17, 15) is 4.79 Å². The van der Waals surface area contributed by atoms with Gasteiger partial charge in [0.05, 0.1) is 0 Å². The van der Waals surface area contributed by atoms with Crippen LogP contribution < -0.4 is 9.64 Å². The Morgan fingerprint density at radius 3 is 2.43 bits per heavy atom. The molecule has 28 heavy (non-hydrogen) atoms. The third-order valence-electron chi connectivity index (χ3n) is 5.53. The number of hydrogen-bond acceptors (Lipinski definition) is 5. The molecule has 1 aromatic carbocycles. The fraction of sp³-hybridized carbons (Fsp3) is 0.476. The molecule has 1 aliphatic heterocycles. The molecule has 0 N–H and O–H groups in total. The molecule has 4 rings (SSSR count). The van der Waals surface area contributed by atoms with E-state index in [0.29, 0.717) is 22.6 Å². The fourth-order valence-electron chi connectivity index (χ4n) is 3.95. The van der Waals surface area contributed by atoms with Crippen LogP contribution >= 0.6 is 11.6 Å². The van der Waals surface area contributed by atoms with Crippen molar-refractivity contribution in [3.05, 3.63) is 41.7 Å². The maximum Gasteiger partial charge on any atom is 0.225 e. The number of benzene rings is 1. The van der Waals surface area contributed by atoms with Crippen LogP contribution in [0.2, 0.25) is 5.02 Å². The maximum absolute atomic E-state index is 12.7. The SMILES string of the molecule is O=C(C1CCCCC1)N1CCN(c2cc(Oc3ccc(Cl)cc3)ncn2)CC1. The lowest BCUT2D eigenvalue weighted by Gasteiger charge is -2.37. The summed E-state index contributed by atoms with van der Waals surface area (Å²) >= 11 is 5.91. The summed E-state index contributed by atoms with van der Waals surface area (Å²) in [6.45, 7) is 3.03. The van der Waals surface area contributed by atoms with Crippen molar-refractivity contribution in [2.75, 3.05) is 31.1 Å². The van der Waals surface area contributed by atoms with Crippen LogP contribution in [0.3, 0.4) is 0 Å². The van der Waals surface area contributed by atoms with Gasteiger partial charge >= 0.3 is 0 Å². The minimum atomic E-state index is 0.235. The summed E-state index contributed by atoms with van der Waals surface area (Å²) in [7, 11) is 0. The molecule has 2 heterocycles. The Bertz CT molecular complexity index is 800. The van der Waals surface area contributed by atoms with Crippen LogP contribution in [0.15, 0.2) is 36.7 Å². The smallest absolute Gasteiger partial charge is 0.225 e. The second kappa shape index (κ2) is 8.78. The van der Waals surface area contributed by atoms with E-state index in [1.54, 1.807) is 24.3 Å². The van der Waals surface area contributed by atoms with E-state index in [0.717, 1.165) is 44.8 Å². The van der Waals surface area contributed by atoms with E-state index in [2.05, 4.69) is 14.9 Å². The second-order valence-corrected chi connectivity index (χ2v) is 7.85. The number of amides is 1. The molecular weight excluding hydrogens is 376 g/mol. The lowest BCUT2D eigenvalue weighted by molar-refractivity contribution is -0.136. The van der Waals surface area contributed by atoms with Crippen molar-refractivity contribution >= 4 is 23.3 Å². The Morgan fingerprint density at radius 1 is 1.00 bits per heavy atom. The highest BCUT2D eigenvalue weighted by Crippen LogP contribution is 2.27. The standard InChI is InChI=1S/C21H25ClN4O2/c22-17-6-8-18(9-7-17)28-20-14-19(23-15-24-20)25-10-12-26(13-11-25)21(27)16-4-2-1-3-5-16/h6-9,14-16H,1-5,10-13H2. The van der Waals surface area contributed by atoms with Crippen LogP contribution in [-0.2, 0) is 4.79 Å². The molecule has 7 heteroatoms. The number of aromatic nitrogens is 2. The molecule has 0 atom stereocenters. The molecule has 1 saturated heterocycles. The monoisotopic (exact) mass is 400 g/mol. The minimum absolute atomic E-state index is 0.235. The summed E-state index contributed by atoms with van der Waals surface area (Å²) in [6, 6.07) is 9.01. The molecule has 148 valence electrons. The highest BCUT2D eigenvalue weighted by atomic mass is 35.5. The van der Waals surface area contributed by atoms with Crippen molar-refractivity contribution in [1.82, 2.24) is 14.9 Å². The average molecular weight is 401 g/mol. The zero-order chi connectivity index (χ0) is 19.3. The molecule has 2 aliphatic rings. The summed E-state index contributed by atoms with van der Waals surface area (Å²) in [5.74, 6) is 2.57. The number of carbonyl (C=O) groups is 1. The zero-order valence-electron chi connectivity index (χ0n) is 15.9. The molecule has 0 unspecified atom stereocenters. The third kappa shape index (κ3) is 4.55. The number of piperazine rings is 1. The third-order valence-corrected chi connectivity index (χ3v) is 5.79. The van der Waals surface area contributed by atoms with E-state index in [1.807, 2.05) is 11.0 Å². The van der Waals surface area contributed by atoms with E-state index >= 15 is 0 Å². The molecule has 2 fully saturated rings. The van der Waals surface area contributed by atoms with Crippen molar-refractivity contribution in [2.45, 2.75) is 32.1 Å². The molecule has 0 radical (unpaired) electrons. The minimum Gasteiger partial charge on any atom is -0.439 e. The van der Waals surface area contributed by atoms with Gasteiger partial charge in [-0.15, -0.1) is 0 Å². The normalized spacial score (nSPS) is 18.2.